The van der Waals surface area contributed by atoms with Crippen LogP contribution in [-0.4, -0.2) is 29.1 Å². The smallest absolute Gasteiger partial charge is 0.337 e. The largest absolute Gasteiger partial charge is 0.465 e. The number of thioether (sulfide) groups is 1. The van der Waals surface area contributed by atoms with Gasteiger partial charge in [0.2, 0.25) is 0 Å². The molecule has 1 heterocycles. The van der Waals surface area contributed by atoms with Gasteiger partial charge in [-0.2, -0.15) is 5.10 Å². The topological polar surface area (TPSA) is 44.1 Å². The highest BCUT2D eigenvalue weighted by Gasteiger charge is 2.07. The number of benzene rings is 1. The first-order valence-corrected chi connectivity index (χ1v) is 6.25. The van der Waals surface area contributed by atoms with Gasteiger partial charge in [0.05, 0.1) is 29.6 Å². The fraction of sp³-hybridized carbons (Fsp3) is 0.167. The number of hydrogen-bond donors (Lipinski definition) is 0. The summed E-state index contributed by atoms with van der Waals surface area (Å²) in [6.07, 6.45) is 3.75. The lowest BCUT2D eigenvalue weighted by Gasteiger charge is -2.06. The molecule has 2 aromatic rings. The van der Waals surface area contributed by atoms with Crippen LogP contribution in [0.1, 0.15) is 10.4 Å². The standard InChI is InChI=1S/C12H12N2O2S/c1-16-12(15)9-3-5-10(6-4-9)14-11(17-2)7-8-13-14/h3-8H,1-2H3. The fourth-order valence-corrected chi connectivity index (χ4v) is 2.02. The van der Waals surface area contributed by atoms with Crippen molar-refractivity contribution in [3.63, 3.8) is 0 Å². The molecule has 0 atom stereocenters. The average molecular weight is 248 g/mol. The zero-order chi connectivity index (χ0) is 12.3. The average Bonchev–Trinajstić information content (AvgIpc) is 2.86. The van der Waals surface area contributed by atoms with Crippen LogP contribution in [0.25, 0.3) is 5.69 Å². The molecule has 5 heteroatoms. The number of carbonyl (C=O) groups excluding carboxylic acids is 1. The highest BCUT2D eigenvalue weighted by Crippen LogP contribution is 2.19. The van der Waals surface area contributed by atoms with Crippen molar-refractivity contribution in [3.05, 3.63) is 42.1 Å². The van der Waals surface area contributed by atoms with Crippen molar-refractivity contribution >= 4 is 17.7 Å². The summed E-state index contributed by atoms with van der Waals surface area (Å²) < 4.78 is 6.47. The lowest BCUT2D eigenvalue weighted by molar-refractivity contribution is 0.0601. The maximum absolute atomic E-state index is 11.3. The van der Waals surface area contributed by atoms with E-state index in [1.54, 1.807) is 30.1 Å². The van der Waals surface area contributed by atoms with E-state index in [1.165, 1.54) is 7.11 Å². The SMILES string of the molecule is COC(=O)c1ccc(-n2nccc2SC)cc1. The number of nitrogens with zero attached hydrogens (tertiary/aromatic N) is 2. The van der Waals surface area contributed by atoms with E-state index in [0.717, 1.165) is 10.7 Å². The van der Waals surface area contributed by atoms with Crippen LogP contribution in [0.5, 0.6) is 0 Å². The molecule has 0 radical (unpaired) electrons. The second kappa shape index (κ2) is 5.05. The molecule has 88 valence electrons. The van der Waals surface area contributed by atoms with Gasteiger partial charge >= 0.3 is 5.97 Å². The molecular weight excluding hydrogens is 236 g/mol. The molecule has 4 nitrogen and oxygen atoms in total. The number of ether oxygens (including phenoxy) is 1. The first kappa shape index (κ1) is 11.7. The summed E-state index contributed by atoms with van der Waals surface area (Å²) in [6.45, 7) is 0. The second-order valence-electron chi connectivity index (χ2n) is 3.32. The van der Waals surface area contributed by atoms with Crippen molar-refractivity contribution < 1.29 is 9.53 Å². The maximum Gasteiger partial charge on any atom is 0.337 e. The van der Waals surface area contributed by atoms with Gasteiger partial charge in [0.15, 0.2) is 0 Å². The van der Waals surface area contributed by atoms with Crippen LogP contribution in [0, 0.1) is 0 Å². The summed E-state index contributed by atoms with van der Waals surface area (Å²) >= 11 is 1.62. The summed E-state index contributed by atoms with van der Waals surface area (Å²) in [4.78, 5) is 11.3. The molecule has 0 aliphatic rings. The van der Waals surface area contributed by atoms with Gasteiger partial charge in [-0.15, -0.1) is 11.8 Å². The van der Waals surface area contributed by atoms with Crippen molar-refractivity contribution in [2.24, 2.45) is 0 Å². The van der Waals surface area contributed by atoms with Gasteiger partial charge in [-0.3, -0.25) is 0 Å². The van der Waals surface area contributed by atoms with Gasteiger partial charge in [-0.1, -0.05) is 0 Å². The molecule has 0 bridgehead atoms. The van der Waals surface area contributed by atoms with Crippen molar-refractivity contribution in [1.29, 1.82) is 0 Å². The minimum atomic E-state index is -0.331. The minimum absolute atomic E-state index is 0.331. The third-order valence-corrected chi connectivity index (χ3v) is 3.08. The van der Waals surface area contributed by atoms with Crippen LogP contribution in [-0.2, 0) is 4.74 Å². The quantitative estimate of drug-likeness (QED) is 0.618. The molecule has 0 aliphatic carbocycles. The Labute approximate surface area is 104 Å². The van der Waals surface area contributed by atoms with E-state index in [2.05, 4.69) is 9.84 Å². The molecule has 0 aliphatic heterocycles. The van der Waals surface area contributed by atoms with Crippen LogP contribution in [0.3, 0.4) is 0 Å². The summed E-state index contributed by atoms with van der Waals surface area (Å²) in [6, 6.07) is 9.09. The molecular formula is C12H12N2O2S. The predicted molar refractivity (Wildman–Crippen MR) is 66.7 cm³/mol. The second-order valence-corrected chi connectivity index (χ2v) is 4.15. The van der Waals surface area contributed by atoms with E-state index in [9.17, 15) is 4.79 Å². The van der Waals surface area contributed by atoms with Crippen LogP contribution in [0.15, 0.2) is 41.6 Å². The number of hydrogen-bond acceptors (Lipinski definition) is 4. The van der Waals surface area contributed by atoms with Gasteiger partial charge in [-0.25, -0.2) is 9.48 Å². The highest BCUT2D eigenvalue weighted by atomic mass is 32.2. The third-order valence-electron chi connectivity index (χ3n) is 2.35. The molecule has 2 rings (SSSR count). The Balaban J connectivity index is 2.32. The molecule has 0 saturated carbocycles. The van der Waals surface area contributed by atoms with Crippen LogP contribution < -0.4 is 0 Å². The number of esters is 1. The van der Waals surface area contributed by atoms with Crippen LogP contribution in [0.4, 0.5) is 0 Å². The number of methoxy groups -OCH3 is 1. The molecule has 0 saturated heterocycles. The molecule has 0 unspecified atom stereocenters. The van der Waals surface area contributed by atoms with E-state index < -0.39 is 0 Å². The third kappa shape index (κ3) is 2.34. The van der Waals surface area contributed by atoms with Crippen molar-refractivity contribution in [3.8, 4) is 5.69 Å². The monoisotopic (exact) mass is 248 g/mol. The number of carbonyl (C=O) groups is 1. The fourth-order valence-electron chi connectivity index (χ4n) is 1.50. The summed E-state index contributed by atoms with van der Waals surface area (Å²) in [5.41, 5.74) is 1.46. The Morgan fingerprint density at radius 1 is 1.29 bits per heavy atom. The van der Waals surface area contributed by atoms with Gasteiger partial charge in [-0.05, 0) is 36.6 Å². The predicted octanol–water partition coefficient (Wildman–Crippen LogP) is 2.38. The van der Waals surface area contributed by atoms with E-state index in [0.29, 0.717) is 5.56 Å². The van der Waals surface area contributed by atoms with Crippen LogP contribution >= 0.6 is 11.8 Å². The van der Waals surface area contributed by atoms with Gasteiger partial charge in [0, 0.05) is 0 Å². The van der Waals surface area contributed by atoms with Crippen molar-refractivity contribution in [2.75, 3.05) is 13.4 Å². The Morgan fingerprint density at radius 3 is 2.59 bits per heavy atom. The Bertz CT molecular complexity index is 520. The lowest BCUT2D eigenvalue weighted by Crippen LogP contribution is -2.02. The van der Waals surface area contributed by atoms with Crippen LogP contribution in [0.2, 0.25) is 0 Å². The Morgan fingerprint density at radius 2 is 2.00 bits per heavy atom. The van der Waals surface area contributed by atoms with E-state index >= 15 is 0 Å². The molecule has 1 aromatic carbocycles. The first-order valence-electron chi connectivity index (χ1n) is 5.03. The van der Waals surface area contributed by atoms with Crippen molar-refractivity contribution in [2.45, 2.75) is 5.03 Å². The first-order chi connectivity index (χ1) is 8.26. The minimum Gasteiger partial charge on any atom is -0.465 e. The van der Waals surface area contributed by atoms with Gasteiger partial charge < -0.3 is 4.74 Å². The number of aromatic nitrogens is 2. The summed E-state index contributed by atoms with van der Waals surface area (Å²) in [7, 11) is 1.37. The van der Waals surface area contributed by atoms with E-state index in [1.807, 2.05) is 29.1 Å². The zero-order valence-corrected chi connectivity index (χ0v) is 10.4. The van der Waals surface area contributed by atoms with E-state index in [-0.39, 0.29) is 5.97 Å². The molecule has 0 amide bonds. The maximum atomic E-state index is 11.3. The lowest BCUT2D eigenvalue weighted by atomic mass is 10.2. The summed E-state index contributed by atoms with van der Waals surface area (Å²) in [5.74, 6) is -0.331. The van der Waals surface area contributed by atoms with Gasteiger partial charge in [0.25, 0.3) is 0 Å². The zero-order valence-electron chi connectivity index (χ0n) is 9.58. The molecule has 17 heavy (non-hydrogen) atoms. The summed E-state index contributed by atoms with van der Waals surface area (Å²) in [5, 5.41) is 5.28. The van der Waals surface area contributed by atoms with E-state index in [4.69, 9.17) is 0 Å². The highest BCUT2D eigenvalue weighted by molar-refractivity contribution is 7.98. The number of rotatable bonds is 3. The molecule has 0 N–H and O–H groups in total. The van der Waals surface area contributed by atoms with Gasteiger partial charge in [0.1, 0.15) is 0 Å². The Hall–Kier alpha value is -1.75. The molecule has 0 fully saturated rings. The molecule has 0 spiro atoms. The van der Waals surface area contributed by atoms with Crippen molar-refractivity contribution in [1.82, 2.24) is 9.78 Å². The Kier molecular flexibility index (Phi) is 3.49. The normalized spacial score (nSPS) is 10.2. The molecule has 1 aromatic heterocycles.